The second-order valence-electron chi connectivity index (χ2n) is 4.11. The molecule has 0 amide bonds. The maximum Gasteiger partial charge on any atom is 0.339 e. The lowest BCUT2D eigenvalue weighted by atomic mass is 10.1. The van der Waals surface area contributed by atoms with Crippen molar-refractivity contribution < 1.29 is 9.90 Å². The van der Waals surface area contributed by atoms with Crippen molar-refractivity contribution in [2.75, 3.05) is 5.32 Å². The smallest absolute Gasteiger partial charge is 0.339 e. The van der Waals surface area contributed by atoms with Crippen molar-refractivity contribution in [2.24, 2.45) is 0 Å². The molecule has 0 radical (unpaired) electrons. The molecule has 0 saturated carbocycles. The number of pyridine rings is 1. The lowest BCUT2D eigenvalue weighted by molar-refractivity contribution is 0.0697. The summed E-state index contributed by atoms with van der Waals surface area (Å²) in [7, 11) is 0. The number of carbonyl (C=O) groups is 1. The highest BCUT2D eigenvalue weighted by Gasteiger charge is 2.15. The van der Waals surface area contributed by atoms with Gasteiger partial charge in [-0.3, -0.25) is 0 Å². The molecule has 2 rings (SSSR count). The highest BCUT2D eigenvalue weighted by Crippen LogP contribution is 2.26. The summed E-state index contributed by atoms with van der Waals surface area (Å²) in [6.45, 7) is 2.28. The number of hydrogen-bond donors (Lipinski definition) is 2. The summed E-state index contributed by atoms with van der Waals surface area (Å²) in [4.78, 5) is 15.0. The molecule has 19 heavy (non-hydrogen) atoms. The van der Waals surface area contributed by atoms with E-state index in [1.54, 1.807) is 6.92 Å². The minimum Gasteiger partial charge on any atom is -0.478 e. The second kappa shape index (κ2) is 5.71. The van der Waals surface area contributed by atoms with Crippen LogP contribution in [-0.2, 0) is 6.54 Å². The van der Waals surface area contributed by atoms with Crippen LogP contribution in [0.5, 0.6) is 0 Å². The highest BCUT2D eigenvalue weighted by atomic mass is 35.5. The van der Waals surface area contributed by atoms with Gasteiger partial charge in [-0.05, 0) is 12.5 Å². The van der Waals surface area contributed by atoms with E-state index in [4.69, 9.17) is 16.7 Å². The van der Waals surface area contributed by atoms with Crippen LogP contribution in [0.4, 0.5) is 5.69 Å². The van der Waals surface area contributed by atoms with Crippen LogP contribution in [0.3, 0.4) is 0 Å². The minimum atomic E-state index is -1.03. The third-order valence-corrected chi connectivity index (χ3v) is 3.18. The van der Waals surface area contributed by atoms with E-state index in [-0.39, 0.29) is 5.56 Å². The Bertz CT molecular complexity index is 600. The Morgan fingerprint density at radius 3 is 2.68 bits per heavy atom. The lowest BCUT2D eigenvalue weighted by Crippen LogP contribution is -2.09. The number of benzene rings is 1. The molecule has 0 aliphatic heterocycles. The topological polar surface area (TPSA) is 62.2 Å². The molecule has 1 aromatic carbocycles. The molecule has 0 aliphatic carbocycles. The molecule has 0 atom stereocenters. The number of hydrogen-bond acceptors (Lipinski definition) is 3. The van der Waals surface area contributed by atoms with E-state index in [1.807, 2.05) is 30.3 Å². The van der Waals surface area contributed by atoms with Crippen LogP contribution in [0.25, 0.3) is 0 Å². The first-order chi connectivity index (χ1) is 9.09. The van der Waals surface area contributed by atoms with Gasteiger partial charge in [0.15, 0.2) is 0 Å². The summed E-state index contributed by atoms with van der Waals surface area (Å²) < 4.78 is 0. The van der Waals surface area contributed by atoms with Crippen molar-refractivity contribution in [1.29, 1.82) is 0 Å². The van der Waals surface area contributed by atoms with Crippen LogP contribution >= 0.6 is 11.6 Å². The third-order valence-electron chi connectivity index (χ3n) is 2.80. The molecule has 98 valence electrons. The van der Waals surface area contributed by atoms with Crippen molar-refractivity contribution in [2.45, 2.75) is 13.5 Å². The van der Waals surface area contributed by atoms with Gasteiger partial charge in [0.1, 0.15) is 10.7 Å². The Morgan fingerprint density at radius 2 is 2.05 bits per heavy atom. The Kier molecular flexibility index (Phi) is 4.02. The van der Waals surface area contributed by atoms with E-state index < -0.39 is 5.97 Å². The second-order valence-corrected chi connectivity index (χ2v) is 4.47. The fourth-order valence-electron chi connectivity index (χ4n) is 1.76. The van der Waals surface area contributed by atoms with Crippen molar-refractivity contribution in [3.8, 4) is 0 Å². The Labute approximate surface area is 116 Å². The quantitative estimate of drug-likeness (QED) is 0.841. The normalized spacial score (nSPS) is 10.2. The van der Waals surface area contributed by atoms with Gasteiger partial charge in [0.05, 0.1) is 5.69 Å². The van der Waals surface area contributed by atoms with Gasteiger partial charge >= 0.3 is 5.97 Å². The summed E-state index contributed by atoms with van der Waals surface area (Å²) in [5.41, 5.74) is 2.33. The first kappa shape index (κ1) is 13.4. The molecular weight excluding hydrogens is 264 g/mol. The molecule has 1 aromatic heterocycles. The zero-order chi connectivity index (χ0) is 13.8. The first-order valence-corrected chi connectivity index (χ1v) is 6.13. The lowest BCUT2D eigenvalue weighted by Gasteiger charge is -2.13. The van der Waals surface area contributed by atoms with Crippen LogP contribution < -0.4 is 5.32 Å². The summed E-state index contributed by atoms with van der Waals surface area (Å²) in [6, 6.07) is 9.72. The number of aromatic nitrogens is 1. The summed E-state index contributed by atoms with van der Waals surface area (Å²) in [6.07, 6.45) is 1.27. The summed E-state index contributed by atoms with van der Waals surface area (Å²) in [5, 5.41) is 12.6. The molecule has 2 aromatic rings. The summed E-state index contributed by atoms with van der Waals surface area (Å²) >= 11 is 5.93. The molecule has 5 heteroatoms. The number of carboxylic acid groups (broad SMARTS) is 1. The zero-order valence-electron chi connectivity index (χ0n) is 10.4. The SMILES string of the molecule is Cc1c(Cl)ncc(C(=O)O)c1NCc1ccccc1. The van der Waals surface area contributed by atoms with E-state index >= 15 is 0 Å². The van der Waals surface area contributed by atoms with Crippen molar-refractivity contribution in [1.82, 2.24) is 4.98 Å². The predicted molar refractivity (Wildman–Crippen MR) is 74.7 cm³/mol. The largest absolute Gasteiger partial charge is 0.478 e. The van der Waals surface area contributed by atoms with Gasteiger partial charge in [-0.1, -0.05) is 41.9 Å². The van der Waals surface area contributed by atoms with E-state index in [9.17, 15) is 4.79 Å². The number of carboxylic acids is 1. The molecule has 2 N–H and O–H groups in total. The number of nitrogens with one attached hydrogen (secondary N) is 1. The van der Waals surface area contributed by atoms with Crippen molar-refractivity contribution in [3.05, 3.63) is 58.4 Å². The maximum absolute atomic E-state index is 11.2. The number of nitrogens with zero attached hydrogens (tertiary/aromatic N) is 1. The predicted octanol–water partition coefficient (Wildman–Crippen LogP) is 3.35. The fraction of sp³-hybridized carbons (Fsp3) is 0.143. The molecule has 0 unspecified atom stereocenters. The van der Waals surface area contributed by atoms with E-state index in [2.05, 4.69) is 10.3 Å². The molecule has 1 heterocycles. The number of halogens is 1. The van der Waals surface area contributed by atoms with Crippen LogP contribution in [0.2, 0.25) is 5.15 Å². The standard InChI is InChI=1S/C14H13ClN2O2/c1-9-12(11(14(18)19)8-17-13(9)15)16-7-10-5-3-2-4-6-10/h2-6,8H,7H2,1H3,(H,16,17)(H,18,19). The van der Waals surface area contributed by atoms with Crippen LogP contribution in [0, 0.1) is 6.92 Å². The monoisotopic (exact) mass is 276 g/mol. The van der Waals surface area contributed by atoms with Crippen LogP contribution in [-0.4, -0.2) is 16.1 Å². The fourth-order valence-corrected chi connectivity index (χ4v) is 1.91. The molecule has 0 spiro atoms. The van der Waals surface area contributed by atoms with Crippen molar-refractivity contribution >= 4 is 23.3 Å². The van der Waals surface area contributed by atoms with Crippen LogP contribution in [0.1, 0.15) is 21.5 Å². The van der Waals surface area contributed by atoms with E-state index in [0.717, 1.165) is 5.56 Å². The van der Waals surface area contributed by atoms with Gasteiger partial charge in [0.25, 0.3) is 0 Å². The van der Waals surface area contributed by atoms with Gasteiger partial charge in [-0.2, -0.15) is 0 Å². The minimum absolute atomic E-state index is 0.123. The first-order valence-electron chi connectivity index (χ1n) is 5.75. The Morgan fingerprint density at radius 1 is 1.37 bits per heavy atom. The number of anilines is 1. The summed E-state index contributed by atoms with van der Waals surface area (Å²) in [5.74, 6) is -1.03. The molecule has 4 nitrogen and oxygen atoms in total. The average molecular weight is 277 g/mol. The van der Waals surface area contributed by atoms with Gasteiger partial charge in [0.2, 0.25) is 0 Å². The van der Waals surface area contributed by atoms with E-state index in [0.29, 0.717) is 22.9 Å². The molecule has 0 bridgehead atoms. The zero-order valence-corrected chi connectivity index (χ0v) is 11.1. The van der Waals surface area contributed by atoms with Crippen molar-refractivity contribution in [3.63, 3.8) is 0 Å². The number of rotatable bonds is 4. The highest BCUT2D eigenvalue weighted by molar-refractivity contribution is 6.30. The molecular formula is C14H13ClN2O2. The molecule has 0 aliphatic rings. The third kappa shape index (κ3) is 3.03. The van der Waals surface area contributed by atoms with Gasteiger partial charge < -0.3 is 10.4 Å². The molecule has 0 saturated heterocycles. The van der Waals surface area contributed by atoms with E-state index in [1.165, 1.54) is 6.20 Å². The Balaban J connectivity index is 2.28. The average Bonchev–Trinajstić information content (AvgIpc) is 2.41. The van der Waals surface area contributed by atoms with Gasteiger partial charge in [0, 0.05) is 18.3 Å². The van der Waals surface area contributed by atoms with Crippen LogP contribution in [0.15, 0.2) is 36.5 Å². The number of aromatic carboxylic acids is 1. The maximum atomic E-state index is 11.2. The van der Waals surface area contributed by atoms with Gasteiger partial charge in [-0.15, -0.1) is 0 Å². The van der Waals surface area contributed by atoms with Gasteiger partial charge in [-0.25, -0.2) is 9.78 Å². The Hall–Kier alpha value is -2.07. The molecule has 0 fully saturated rings.